The van der Waals surface area contributed by atoms with Crippen molar-refractivity contribution in [3.8, 4) is 11.5 Å². The first-order chi connectivity index (χ1) is 16.7. The highest BCUT2D eigenvalue weighted by Crippen LogP contribution is 2.45. The molecule has 188 valence electrons. The van der Waals surface area contributed by atoms with E-state index >= 15 is 0 Å². The molecule has 0 spiro atoms. The summed E-state index contributed by atoms with van der Waals surface area (Å²) in [5.74, 6) is 1.84. The van der Waals surface area contributed by atoms with E-state index in [9.17, 15) is 4.79 Å². The monoisotopic (exact) mass is 477 g/mol. The zero-order chi connectivity index (χ0) is 25.3. The van der Waals surface area contributed by atoms with Crippen LogP contribution in [0.5, 0.6) is 11.5 Å². The largest absolute Gasteiger partial charge is 0.493 e. The number of hydrogen-bond acceptors (Lipinski definition) is 5. The molecule has 6 nitrogen and oxygen atoms in total. The van der Waals surface area contributed by atoms with E-state index in [1.165, 1.54) is 11.3 Å². The number of fused-ring (bicyclic) bond motifs is 3. The predicted octanol–water partition coefficient (Wildman–Crippen LogP) is 5.32. The molecule has 2 aliphatic heterocycles. The first-order valence-electron chi connectivity index (χ1n) is 12.8. The molecule has 0 aliphatic carbocycles. The third-order valence-corrected chi connectivity index (χ3v) is 7.10. The summed E-state index contributed by atoms with van der Waals surface area (Å²) < 4.78 is 11.6. The molecule has 1 unspecified atom stereocenters. The summed E-state index contributed by atoms with van der Waals surface area (Å²) in [4.78, 5) is 22.7. The van der Waals surface area contributed by atoms with E-state index in [0.717, 1.165) is 42.1 Å². The third-order valence-electron chi connectivity index (χ3n) is 7.10. The van der Waals surface area contributed by atoms with Crippen molar-refractivity contribution in [2.45, 2.75) is 65.1 Å². The van der Waals surface area contributed by atoms with Gasteiger partial charge in [0.05, 0.1) is 13.7 Å². The van der Waals surface area contributed by atoms with Crippen molar-refractivity contribution in [3.05, 3.63) is 58.7 Å². The van der Waals surface area contributed by atoms with Gasteiger partial charge in [-0.15, -0.1) is 0 Å². The van der Waals surface area contributed by atoms with Gasteiger partial charge in [-0.1, -0.05) is 12.1 Å². The fourth-order valence-corrected chi connectivity index (χ4v) is 5.49. The molecule has 2 atom stereocenters. The second kappa shape index (κ2) is 10.4. The Bertz CT molecular complexity index is 1080. The van der Waals surface area contributed by atoms with Crippen LogP contribution < -0.4 is 9.47 Å². The van der Waals surface area contributed by atoms with Crippen molar-refractivity contribution < 1.29 is 14.3 Å². The number of methoxy groups -OCH3 is 1. The lowest BCUT2D eigenvalue weighted by Crippen LogP contribution is -2.42. The quantitative estimate of drug-likeness (QED) is 0.542. The fraction of sp³-hybridized carbons (Fsp3) is 0.517. The number of carbonyl (C=O) groups excluding carboxylic acids is 1. The minimum absolute atomic E-state index is 0.0651. The zero-order valence-electron chi connectivity index (χ0n) is 22.2. The topological polar surface area (TPSA) is 54.4 Å². The summed E-state index contributed by atoms with van der Waals surface area (Å²) in [6.07, 6.45) is 0.960. The summed E-state index contributed by atoms with van der Waals surface area (Å²) in [5, 5.41) is 0. The molecule has 0 aromatic heterocycles. The Morgan fingerprint density at radius 1 is 1.09 bits per heavy atom. The van der Waals surface area contributed by atoms with Gasteiger partial charge < -0.3 is 19.3 Å². The molecular formula is C29H39N3O3. The molecule has 4 rings (SSSR count). The van der Waals surface area contributed by atoms with Crippen molar-refractivity contribution in [2.24, 2.45) is 4.99 Å². The van der Waals surface area contributed by atoms with Crippen LogP contribution in [0, 0.1) is 0 Å². The van der Waals surface area contributed by atoms with Gasteiger partial charge >= 0.3 is 0 Å². The van der Waals surface area contributed by atoms with Gasteiger partial charge in [0.25, 0.3) is 5.91 Å². The molecule has 1 amide bonds. The van der Waals surface area contributed by atoms with Crippen molar-refractivity contribution in [3.63, 3.8) is 0 Å². The van der Waals surface area contributed by atoms with Gasteiger partial charge in [-0.05, 0) is 89.0 Å². The number of rotatable bonds is 7. The van der Waals surface area contributed by atoms with E-state index < -0.39 is 0 Å². The molecule has 6 heteroatoms. The van der Waals surface area contributed by atoms with Crippen LogP contribution in [0.3, 0.4) is 0 Å². The maximum absolute atomic E-state index is 13.2. The second-order valence-corrected chi connectivity index (χ2v) is 10.2. The number of likely N-dealkylation sites (tertiary alicyclic amines) is 1. The van der Waals surface area contributed by atoms with Gasteiger partial charge in [0.1, 0.15) is 6.04 Å². The van der Waals surface area contributed by atoms with E-state index in [0.29, 0.717) is 12.2 Å². The Morgan fingerprint density at radius 2 is 1.74 bits per heavy atom. The molecular weight excluding hydrogens is 438 g/mol. The summed E-state index contributed by atoms with van der Waals surface area (Å²) in [5.41, 5.74) is 5.46. The Morgan fingerprint density at radius 3 is 2.34 bits per heavy atom. The van der Waals surface area contributed by atoms with Crippen LogP contribution >= 0.6 is 0 Å². The molecule has 35 heavy (non-hydrogen) atoms. The smallest absolute Gasteiger partial charge is 0.254 e. The van der Waals surface area contributed by atoms with Crippen molar-refractivity contribution >= 4 is 11.6 Å². The summed E-state index contributed by atoms with van der Waals surface area (Å²) in [6, 6.07) is 12.4. The lowest BCUT2D eigenvalue weighted by molar-refractivity contribution is 0.0643. The van der Waals surface area contributed by atoms with Gasteiger partial charge in [-0.3, -0.25) is 9.79 Å². The van der Waals surface area contributed by atoms with Crippen LogP contribution in [0.1, 0.15) is 80.0 Å². The molecule has 0 bridgehead atoms. The molecule has 0 radical (unpaired) electrons. The number of ether oxygens (including phenoxy) is 2. The number of nitrogens with zero attached hydrogens (tertiary/aromatic N) is 3. The normalized spacial score (nSPS) is 19.7. The van der Waals surface area contributed by atoms with E-state index in [-0.39, 0.29) is 30.0 Å². The van der Waals surface area contributed by atoms with E-state index in [4.69, 9.17) is 14.5 Å². The zero-order valence-corrected chi connectivity index (χ0v) is 22.2. The highest BCUT2D eigenvalue weighted by atomic mass is 16.5. The van der Waals surface area contributed by atoms with Crippen LogP contribution in [0.4, 0.5) is 0 Å². The molecule has 2 aromatic rings. The van der Waals surface area contributed by atoms with Gasteiger partial charge in [0.2, 0.25) is 0 Å². The Labute approximate surface area is 209 Å². The van der Waals surface area contributed by atoms with E-state index in [2.05, 4.69) is 63.9 Å². The lowest BCUT2D eigenvalue weighted by atomic mass is 9.79. The first kappa shape index (κ1) is 25.2. The molecule has 2 heterocycles. The predicted molar refractivity (Wildman–Crippen MR) is 141 cm³/mol. The van der Waals surface area contributed by atoms with Gasteiger partial charge in [0, 0.05) is 42.4 Å². The van der Waals surface area contributed by atoms with Crippen molar-refractivity contribution in [1.29, 1.82) is 0 Å². The number of benzene rings is 2. The molecule has 2 aromatic carbocycles. The molecule has 2 aliphatic rings. The average molecular weight is 478 g/mol. The highest BCUT2D eigenvalue weighted by molar-refractivity contribution is 5.95. The van der Waals surface area contributed by atoms with Crippen LogP contribution in [0.15, 0.2) is 41.4 Å². The molecule has 1 fully saturated rings. The number of likely N-dealkylation sites (N-methyl/N-ethyl adjacent to an activating group) is 1. The summed E-state index contributed by atoms with van der Waals surface area (Å²) >= 11 is 0. The van der Waals surface area contributed by atoms with Crippen LogP contribution in [-0.2, 0) is 0 Å². The number of carbonyl (C=O) groups is 1. The lowest BCUT2D eigenvalue weighted by Gasteiger charge is -2.38. The standard InChI is InChI=1S/C29H39N3O3/c1-8-35-27-15-22-23(16-26(27)34-7)28(30-25-13-14-31(6)17-24(22)25)20-9-11-21(12-10-20)29(33)32(18(2)3)19(4)5/h9-12,15-16,18-19,24,28H,8,13-14,17H2,1-7H3/t24-,28?/m1/s1. The fourth-order valence-electron chi connectivity index (χ4n) is 5.49. The van der Waals surface area contributed by atoms with Crippen molar-refractivity contribution in [2.75, 3.05) is 33.9 Å². The van der Waals surface area contributed by atoms with Crippen LogP contribution in [0.2, 0.25) is 0 Å². The van der Waals surface area contributed by atoms with Crippen LogP contribution in [-0.4, -0.2) is 67.4 Å². The second-order valence-electron chi connectivity index (χ2n) is 10.2. The summed E-state index contributed by atoms with van der Waals surface area (Å²) in [7, 11) is 3.85. The summed E-state index contributed by atoms with van der Waals surface area (Å²) in [6.45, 7) is 12.8. The maximum atomic E-state index is 13.2. The third kappa shape index (κ3) is 4.94. The Hall–Kier alpha value is -2.86. The number of piperidine rings is 1. The van der Waals surface area contributed by atoms with Gasteiger partial charge in [-0.2, -0.15) is 0 Å². The number of hydrogen-bond donors (Lipinski definition) is 0. The molecule has 1 saturated heterocycles. The molecule has 0 N–H and O–H groups in total. The highest BCUT2D eigenvalue weighted by Gasteiger charge is 2.35. The minimum atomic E-state index is -0.125. The number of aliphatic imine (C=N–C) groups is 1. The van der Waals surface area contributed by atoms with E-state index in [1.807, 2.05) is 24.0 Å². The van der Waals surface area contributed by atoms with Gasteiger partial charge in [-0.25, -0.2) is 0 Å². The van der Waals surface area contributed by atoms with Gasteiger partial charge in [0.15, 0.2) is 11.5 Å². The van der Waals surface area contributed by atoms with Crippen LogP contribution in [0.25, 0.3) is 0 Å². The SMILES string of the molecule is CCOc1cc2c(cc1OC)C(c1ccc(C(=O)N(C(C)C)C(C)C)cc1)N=C1CCN(C)C[C@@H]12. The molecule has 0 saturated carbocycles. The Kier molecular flexibility index (Phi) is 7.50. The first-order valence-corrected chi connectivity index (χ1v) is 12.8. The Balaban J connectivity index is 1.75. The average Bonchev–Trinajstić information content (AvgIpc) is 2.83. The minimum Gasteiger partial charge on any atom is -0.493 e. The van der Waals surface area contributed by atoms with E-state index in [1.54, 1.807) is 7.11 Å². The van der Waals surface area contributed by atoms with Crippen molar-refractivity contribution in [1.82, 2.24) is 9.80 Å². The number of amides is 1. The maximum Gasteiger partial charge on any atom is 0.254 e.